The maximum absolute atomic E-state index is 11.6. The third-order valence-corrected chi connectivity index (χ3v) is 3.13. The number of ether oxygens (including phenoxy) is 1. The zero-order valence-electron chi connectivity index (χ0n) is 8.77. The number of hydrogen-bond donors (Lipinski definition) is 1. The lowest BCUT2D eigenvalue weighted by molar-refractivity contribution is -0.148. The number of nitrogens with two attached hydrogens (primary N) is 1. The molecule has 0 saturated heterocycles. The smallest absolute Gasteiger partial charge is 0.313 e. The van der Waals surface area contributed by atoms with E-state index >= 15 is 0 Å². The maximum atomic E-state index is 11.6. The van der Waals surface area contributed by atoms with Crippen molar-refractivity contribution in [2.24, 2.45) is 11.1 Å². The first-order valence-corrected chi connectivity index (χ1v) is 5.09. The molecule has 15 heavy (non-hydrogen) atoms. The van der Waals surface area contributed by atoms with Gasteiger partial charge in [-0.15, -0.1) is 0 Å². The Morgan fingerprint density at radius 1 is 1.40 bits per heavy atom. The van der Waals surface area contributed by atoms with Gasteiger partial charge in [-0.05, 0) is 18.4 Å². The Bertz CT molecular complexity index is 357. The standard InChI is InChI=1S/C12H15NO2/c1-15-11(14)12(7-8-12)10(13)9-5-3-2-4-6-9/h2-6,10H,7-8,13H2,1H3. The van der Waals surface area contributed by atoms with E-state index in [1.807, 2.05) is 30.3 Å². The van der Waals surface area contributed by atoms with Crippen LogP contribution in [0.1, 0.15) is 24.4 Å². The van der Waals surface area contributed by atoms with Crippen LogP contribution in [0.3, 0.4) is 0 Å². The first-order valence-electron chi connectivity index (χ1n) is 5.09. The van der Waals surface area contributed by atoms with Crippen LogP contribution >= 0.6 is 0 Å². The summed E-state index contributed by atoms with van der Waals surface area (Å²) in [6, 6.07) is 9.46. The molecule has 80 valence electrons. The molecule has 0 amide bonds. The lowest BCUT2D eigenvalue weighted by Gasteiger charge is -2.21. The Morgan fingerprint density at radius 2 is 2.00 bits per heavy atom. The second kappa shape index (κ2) is 3.66. The van der Waals surface area contributed by atoms with E-state index in [2.05, 4.69) is 0 Å². The van der Waals surface area contributed by atoms with Gasteiger partial charge in [0, 0.05) is 6.04 Å². The molecule has 0 radical (unpaired) electrons. The Labute approximate surface area is 89.2 Å². The SMILES string of the molecule is COC(=O)C1(C(N)c2ccccc2)CC1. The summed E-state index contributed by atoms with van der Waals surface area (Å²) in [6.07, 6.45) is 1.66. The van der Waals surface area contributed by atoms with Gasteiger partial charge in [-0.2, -0.15) is 0 Å². The molecular formula is C12H15NO2. The molecule has 3 nitrogen and oxygen atoms in total. The zero-order chi connectivity index (χ0) is 10.9. The van der Waals surface area contributed by atoms with E-state index in [-0.39, 0.29) is 12.0 Å². The molecule has 0 bridgehead atoms. The molecule has 1 aromatic carbocycles. The summed E-state index contributed by atoms with van der Waals surface area (Å²) in [5.41, 5.74) is 6.65. The average Bonchev–Trinajstić information content (AvgIpc) is 3.09. The van der Waals surface area contributed by atoms with Gasteiger partial charge < -0.3 is 10.5 Å². The Kier molecular flexibility index (Phi) is 2.49. The molecule has 0 spiro atoms. The third kappa shape index (κ3) is 1.63. The number of hydrogen-bond acceptors (Lipinski definition) is 3. The van der Waals surface area contributed by atoms with Crippen LogP contribution < -0.4 is 5.73 Å². The molecule has 2 rings (SSSR count). The van der Waals surface area contributed by atoms with E-state index in [0.717, 1.165) is 18.4 Å². The predicted molar refractivity (Wildman–Crippen MR) is 57.1 cm³/mol. The fraction of sp³-hybridized carbons (Fsp3) is 0.417. The molecule has 0 aromatic heterocycles. The molecular weight excluding hydrogens is 190 g/mol. The summed E-state index contributed by atoms with van der Waals surface area (Å²) < 4.78 is 4.80. The number of methoxy groups -OCH3 is 1. The summed E-state index contributed by atoms with van der Waals surface area (Å²) >= 11 is 0. The molecule has 1 fully saturated rings. The van der Waals surface area contributed by atoms with Crippen LogP contribution in [0.4, 0.5) is 0 Å². The summed E-state index contributed by atoms with van der Waals surface area (Å²) in [5.74, 6) is -0.182. The van der Waals surface area contributed by atoms with Crippen LogP contribution in [0, 0.1) is 5.41 Å². The fourth-order valence-electron chi connectivity index (χ4n) is 1.96. The molecule has 1 saturated carbocycles. The van der Waals surface area contributed by atoms with Crippen molar-refractivity contribution in [2.45, 2.75) is 18.9 Å². The number of carbonyl (C=O) groups is 1. The third-order valence-electron chi connectivity index (χ3n) is 3.13. The second-order valence-electron chi connectivity index (χ2n) is 4.04. The van der Waals surface area contributed by atoms with Gasteiger partial charge in [0.1, 0.15) is 0 Å². The van der Waals surface area contributed by atoms with Crippen molar-refractivity contribution in [1.29, 1.82) is 0 Å². The minimum absolute atomic E-state index is 0.182. The fourth-order valence-corrected chi connectivity index (χ4v) is 1.96. The first kappa shape index (κ1) is 10.2. The van der Waals surface area contributed by atoms with Crippen molar-refractivity contribution < 1.29 is 9.53 Å². The minimum Gasteiger partial charge on any atom is -0.469 e. The quantitative estimate of drug-likeness (QED) is 0.763. The van der Waals surface area contributed by atoms with Gasteiger partial charge in [-0.25, -0.2) is 0 Å². The van der Waals surface area contributed by atoms with E-state index in [9.17, 15) is 4.79 Å². The Morgan fingerprint density at radius 3 is 2.47 bits per heavy atom. The molecule has 1 aliphatic carbocycles. The zero-order valence-corrected chi connectivity index (χ0v) is 8.77. The Balaban J connectivity index is 2.22. The van der Waals surface area contributed by atoms with Gasteiger partial charge in [0.2, 0.25) is 0 Å². The van der Waals surface area contributed by atoms with Crippen molar-refractivity contribution in [3.63, 3.8) is 0 Å². The highest BCUT2D eigenvalue weighted by molar-refractivity contribution is 5.81. The van der Waals surface area contributed by atoms with Gasteiger partial charge in [0.25, 0.3) is 0 Å². The molecule has 0 heterocycles. The number of carbonyl (C=O) groups excluding carboxylic acids is 1. The van der Waals surface area contributed by atoms with E-state index in [0.29, 0.717) is 0 Å². The van der Waals surface area contributed by atoms with Crippen molar-refractivity contribution in [1.82, 2.24) is 0 Å². The molecule has 1 unspecified atom stereocenters. The van der Waals surface area contributed by atoms with E-state index in [1.165, 1.54) is 7.11 Å². The van der Waals surface area contributed by atoms with Crippen LogP contribution in [0.5, 0.6) is 0 Å². The summed E-state index contributed by atoms with van der Waals surface area (Å²) in [5, 5.41) is 0. The van der Waals surface area contributed by atoms with Crippen LogP contribution in [0.15, 0.2) is 30.3 Å². The van der Waals surface area contributed by atoms with Crippen molar-refractivity contribution >= 4 is 5.97 Å². The van der Waals surface area contributed by atoms with Gasteiger partial charge in [0.05, 0.1) is 12.5 Å². The van der Waals surface area contributed by atoms with Crippen molar-refractivity contribution in [3.8, 4) is 0 Å². The normalized spacial score (nSPS) is 19.3. The van der Waals surface area contributed by atoms with E-state index in [1.54, 1.807) is 0 Å². The summed E-state index contributed by atoms with van der Waals surface area (Å²) in [6.45, 7) is 0. The van der Waals surface area contributed by atoms with E-state index < -0.39 is 5.41 Å². The monoisotopic (exact) mass is 205 g/mol. The van der Waals surface area contributed by atoms with Crippen LogP contribution in [0.2, 0.25) is 0 Å². The highest BCUT2D eigenvalue weighted by atomic mass is 16.5. The van der Waals surface area contributed by atoms with Crippen molar-refractivity contribution in [3.05, 3.63) is 35.9 Å². The first-order chi connectivity index (χ1) is 7.20. The second-order valence-corrected chi connectivity index (χ2v) is 4.04. The highest BCUT2D eigenvalue weighted by Gasteiger charge is 2.55. The lowest BCUT2D eigenvalue weighted by atomic mass is 9.91. The minimum atomic E-state index is -0.462. The predicted octanol–water partition coefficient (Wildman–Crippen LogP) is 1.64. The van der Waals surface area contributed by atoms with Crippen LogP contribution in [-0.4, -0.2) is 13.1 Å². The Hall–Kier alpha value is -1.35. The van der Waals surface area contributed by atoms with Crippen molar-refractivity contribution in [2.75, 3.05) is 7.11 Å². The van der Waals surface area contributed by atoms with Crippen LogP contribution in [-0.2, 0) is 9.53 Å². The molecule has 3 heteroatoms. The molecule has 1 atom stereocenters. The highest BCUT2D eigenvalue weighted by Crippen LogP contribution is 2.54. The number of rotatable bonds is 3. The van der Waals surface area contributed by atoms with Gasteiger partial charge in [-0.1, -0.05) is 30.3 Å². The van der Waals surface area contributed by atoms with E-state index in [4.69, 9.17) is 10.5 Å². The number of benzene rings is 1. The largest absolute Gasteiger partial charge is 0.469 e. The van der Waals surface area contributed by atoms with Gasteiger partial charge in [0.15, 0.2) is 0 Å². The molecule has 1 aromatic rings. The average molecular weight is 205 g/mol. The summed E-state index contributed by atoms with van der Waals surface area (Å²) in [7, 11) is 1.42. The number of esters is 1. The lowest BCUT2D eigenvalue weighted by Crippen LogP contribution is -2.30. The molecule has 2 N–H and O–H groups in total. The van der Waals surface area contributed by atoms with Gasteiger partial charge >= 0.3 is 5.97 Å². The summed E-state index contributed by atoms with van der Waals surface area (Å²) in [4.78, 5) is 11.6. The topological polar surface area (TPSA) is 52.3 Å². The van der Waals surface area contributed by atoms with Gasteiger partial charge in [-0.3, -0.25) is 4.79 Å². The maximum Gasteiger partial charge on any atom is 0.313 e. The molecule has 0 aliphatic heterocycles. The van der Waals surface area contributed by atoms with Crippen LogP contribution in [0.25, 0.3) is 0 Å². The molecule has 1 aliphatic rings.